The van der Waals surface area contributed by atoms with Gasteiger partial charge in [-0.2, -0.15) is 0 Å². The Labute approximate surface area is 89.2 Å². The molecule has 70 valence electrons. The van der Waals surface area contributed by atoms with Crippen molar-refractivity contribution in [2.24, 2.45) is 4.99 Å². The molecule has 1 aliphatic heterocycles. The van der Waals surface area contributed by atoms with E-state index in [2.05, 4.69) is 34.5 Å². The topological polar surface area (TPSA) is 12.4 Å². The predicted octanol–water partition coefficient (Wildman–Crippen LogP) is 3.61. The molecule has 1 aliphatic rings. The Hall–Kier alpha value is 0.400. The second-order valence-electron chi connectivity index (χ2n) is 3.51. The molecular weight excluding hydrogens is 261 g/mol. The van der Waals surface area contributed by atoms with Crippen LogP contribution in [-0.2, 0) is 0 Å². The first-order chi connectivity index (χ1) is 5.80. The van der Waals surface area contributed by atoms with Gasteiger partial charge in [0.15, 0.2) is 0 Å². The highest BCUT2D eigenvalue weighted by molar-refractivity contribution is 14.1. The summed E-state index contributed by atoms with van der Waals surface area (Å²) in [6, 6.07) is 0. The van der Waals surface area contributed by atoms with Crippen LogP contribution in [0.25, 0.3) is 0 Å². The third-order valence-electron chi connectivity index (χ3n) is 2.37. The Morgan fingerprint density at radius 3 is 2.58 bits per heavy atom. The third kappa shape index (κ3) is 3.87. The van der Waals surface area contributed by atoms with E-state index in [4.69, 9.17) is 0 Å². The van der Waals surface area contributed by atoms with Crippen molar-refractivity contribution in [1.29, 1.82) is 0 Å². The lowest BCUT2D eigenvalue weighted by atomic mass is 10.1. The molecule has 0 fully saturated rings. The molecule has 0 N–H and O–H groups in total. The van der Waals surface area contributed by atoms with E-state index in [1.807, 2.05) is 0 Å². The normalized spacial score (nSPS) is 27.7. The molecule has 0 radical (unpaired) electrons. The molecular formula is C10H18IN. The third-order valence-corrected chi connectivity index (χ3v) is 3.08. The van der Waals surface area contributed by atoms with Crippen molar-refractivity contribution in [1.82, 2.24) is 0 Å². The van der Waals surface area contributed by atoms with Gasteiger partial charge in [0.1, 0.15) is 0 Å². The molecule has 1 heterocycles. The second kappa shape index (κ2) is 5.95. The zero-order valence-electron chi connectivity index (χ0n) is 7.85. The van der Waals surface area contributed by atoms with Gasteiger partial charge < -0.3 is 0 Å². The molecule has 0 aromatic heterocycles. The van der Waals surface area contributed by atoms with Crippen LogP contribution in [0.5, 0.6) is 0 Å². The van der Waals surface area contributed by atoms with E-state index in [0.717, 1.165) is 6.54 Å². The summed E-state index contributed by atoms with van der Waals surface area (Å²) in [5, 5.41) is 0. The molecule has 0 aromatic rings. The lowest BCUT2D eigenvalue weighted by Gasteiger charge is -2.06. The van der Waals surface area contributed by atoms with E-state index >= 15 is 0 Å². The number of nitrogens with zero attached hydrogens (tertiary/aromatic N) is 1. The van der Waals surface area contributed by atoms with Crippen LogP contribution in [0.1, 0.15) is 45.4 Å². The van der Waals surface area contributed by atoms with Crippen molar-refractivity contribution in [2.75, 3.05) is 6.54 Å². The molecule has 1 rings (SSSR count). The minimum absolute atomic E-state index is 0.640. The fraction of sp³-hybridized carbons (Fsp3) is 0.900. The first-order valence-electron chi connectivity index (χ1n) is 4.98. The van der Waals surface area contributed by atoms with Crippen LogP contribution in [-0.4, -0.2) is 16.2 Å². The molecule has 0 amide bonds. The molecule has 1 atom stereocenters. The summed E-state index contributed by atoms with van der Waals surface area (Å²) in [6.07, 6.45) is 8.09. The number of hydrogen-bond donors (Lipinski definition) is 0. The van der Waals surface area contributed by atoms with Crippen molar-refractivity contribution in [3.63, 3.8) is 0 Å². The zero-order chi connectivity index (χ0) is 8.81. The second-order valence-corrected chi connectivity index (χ2v) is 5.38. The Kier molecular flexibility index (Phi) is 5.19. The number of aliphatic imine (C=N–C) groups is 1. The van der Waals surface area contributed by atoms with Crippen molar-refractivity contribution >= 4 is 28.3 Å². The highest BCUT2D eigenvalue weighted by Crippen LogP contribution is 2.14. The standard InChI is InChI=1S/C10H18IN/c1-9(11)10-7-5-3-2-4-6-8-12-10/h9H,2-8H2,1H3/b12-10+. The molecule has 0 aliphatic carbocycles. The first kappa shape index (κ1) is 10.5. The molecule has 0 bridgehead atoms. The smallest absolute Gasteiger partial charge is 0.0460 e. The SMILES string of the molecule is CC(I)/C1=N/CCCCCCC1. The summed E-state index contributed by atoms with van der Waals surface area (Å²) in [7, 11) is 0. The summed E-state index contributed by atoms with van der Waals surface area (Å²) in [5.74, 6) is 0. The lowest BCUT2D eigenvalue weighted by Crippen LogP contribution is -2.10. The number of rotatable bonds is 1. The molecule has 0 saturated carbocycles. The largest absolute Gasteiger partial charge is 0.293 e. The van der Waals surface area contributed by atoms with Crippen molar-refractivity contribution in [2.45, 2.75) is 49.4 Å². The summed E-state index contributed by atoms with van der Waals surface area (Å²) in [6.45, 7) is 3.32. The van der Waals surface area contributed by atoms with Gasteiger partial charge in [0.05, 0.1) is 0 Å². The van der Waals surface area contributed by atoms with Gasteiger partial charge in [-0.15, -0.1) is 0 Å². The maximum atomic E-state index is 4.65. The highest BCUT2D eigenvalue weighted by Gasteiger charge is 2.07. The van der Waals surface area contributed by atoms with Gasteiger partial charge in [-0.3, -0.25) is 4.99 Å². The van der Waals surface area contributed by atoms with Gasteiger partial charge in [-0.25, -0.2) is 0 Å². The van der Waals surface area contributed by atoms with E-state index < -0.39 is 0 Å². The maximum Gasteiger partial charge on any atom is 0.0460 e. The summed E-state index contributed by atoms with van der Waals surface area (Å²) in [4.78, 5) is 4.65. The average molecular weight is 279 g/mol. The van der Waals surface area contributed by atoms with Crippen molar-refractivity contribution in [3.05, 3.63) is 0 Å². The minimum Gasteiger partial charge on any atom is -0.293 e. The van der Waals surface area contributed by atoms with Crippen LogP contribution < -0.4 is 0 Å². The lowest BCUT2D eigenvalue weighted by molar-refractivity contribution is 0.639. The quantitative estimate of drug-likeness (QED) is 0.513. The van der Waals surface area contributed by atoms with Crippen LogP contribution >= 0.6 is 22.6 Å². The molecule has 0 spiro atoms. The van der Waals surface area contributed by atoms with Crippen LogP contribution in [0.4, 0.5) is 0 Å². The van der Waals surface area contributed by atoms with Crippen molar-refractivity contribution in [3.8, 4) is 0 Å². The molecule has 1 nitrogen and oxygen atoms in total. The predicted molar refractivity (Wildman–Crippen MR) is 63.5 cm³/mol. The average Bonchev–Trinajstić information content (AvgIpc) is 2.15. The fourth-order valence-corrected chi connectivity index (χ4v) is 2.08. The Morgan fingerprint density at radius 2 is 1.83 bits per heavy atom. The van der Waals surface area contributed by atoms with Gasteiger partial charge in [0.2, 0.25) is 0 Å². The Balaban J connectivity index is 2.44. The Morgan fingerprint density at radius 1 is 1.17 bits per heavy atom. The van der Waals surface area contributed by atoms with Crippen LogP contribution in [0.3, 0.4) is 0 Å². The zero-order valence-corrected chi connectivity index (χ0v) is 10.0. The minimum atomic E-state index is 0.640. The fourth-order valence-electron chi connectivity index (χ4n) is 1.57. The molecule has 0 aromatic carbocycles. The molecule has 12 heavy (non-hydrogen) atoms. The first-order valence-corrected chi connectivity index (χ1v) is 6.22. The van der Waals surface area contributed by atoms with Crippen LogP contribution in [0.2, 0.25) is 0 Å². The molecule has 1 unspecified atom stereocenters. The summed E-state index contributed by atoms with van der Waals surface area (Å²) >= 11 is 2.47. The van der Waals surface area contributed by atoms with E-state index in [1.54, 1.807) is 0 Å². The number of halogens is 1. The maximum absolute atomic E-state index is 4.65. The number of alkyl halides is 1. The highest BCUT2D eigenvalue weighted by atomic mass is 127. The van der Waals surface area contributed by atoms with Gasteiger partial charge in [0.25, 0.3) is 0 Å². The van der Waals surface area contributed by atoms with E-state index in [0.29, 0.717) is 3.92 Å². The molecule has 0 saturated heterocycles. The summed E-state index contributed by atoms with van der Waals surface area (Å²) < 4.78 is 0.640. The van der Waals surface area contributed by atoms with Crippen LogP contribution in [0, 0.1) is 0 Å². The van der Waals surface area contributed by atoms with Gasteiger partial charge >= 0.3 is 0 Å². The van der Waals surface area contributed by atoms with E-state index in [9.17, 15) is 0 Å². The molecule has 2 heteroatoms. The van der Waals surface area contributed by atoms with E-state index in [1.165, 1.54) is 44.2 Å². The Bertz CT molecular complexity index is 152. The van der Waals surface area contributed by atoms with Gasteiger partial charge in [-0.05, 0) is 26.2 Å². The van der Waals surface area contributed by atoms with E-state index in [-0.39, 0.29) is 0 Å². The van der Waals surface area contributed by atoms with Crippen molar-refractivity contribution < 1.29 is 0 Å². The van der Waals surface area contributed by atoms with Gasteiger partial charge in [-0.1, -0.05) is 41.9 Å². The summed E-state index contributed by atoms with van der Waals surface area (Å²) in [5.41, 5.74) is 1.44. The van der Waals surface area contributed by atoms with Gasteiger partial charge in [0, 0.05) is 16.2 Å². The van der Waals surface area contributed by atoms with Crippen LogP contribution in [0.15, 0.2) is 4.99 Å². The number of hydrogen-bond acceptors (Lipinski definition) is 1. The monoisotopic (exact) mass is 279 g/mol.